The molecular weight excluding hydrogens is 382 g/mol. The monoisotopic (exact) mass is 395 g/mol. The molecule has 0 bridgehead atoms. The van der Waals surface area contributed by atoms with Crippen molar-refractivity contribution in [2.75, 3.05) is 5.32 Å². The van der Waals surface area contributed by atoms with E-state index >= 15 is 0 Å². The minimum atomic E-state index is -1.87. The molecule has 1 amide bonds. The third-order valence-electron chi connectivity index (χ3n) is 4.56. The summed E-state index contributed by atoms with van der Waals surface area (Å²) in [6.45, 7) is 0. The first-order valence-electron chi connectivity index (χ1n) is 7.84. The molecule has 25 heavy (non-hydrogen) atoms. The number of halogens is 1. The number of nitrogens with one attached hydrogen (secondary N) is 1. The van der Waals surface area contributed by atoms with Crippen molar-refractivity contribution in [3.05, 3.63) is 76.3 Å². The Bertz CT molecular complexity index is 1030. The maximum absolute atomic E-state index is 12.9. The van der Waals surface area contributed by atoms with Gasteiger partial charge in [0, 0.05) is 21.3 Å². The normalized spacial score (nSPS) is 18.9. The van der Waals surface area contributed by atoms with E-state index in [1.54, 1.807) is 30.3 Å². The Morgan fingerprint density at radius 1 is 1.08 bits per heavy atom. The lowest BCUT2D eigenvalue weighted by atomic mass is 9.87. The summed E-state index contributed by atoms with van der Waals surface area (Å²) in [4.78, 5) is 25.3. The lowest BCUT2D eigenvalue weighted by Crippen LogP contribution is -2.36. The van der Waals surface area contributed by atoms with Crippen LogP contribution in [0.25, 0.3) is 10.8 Å². The summed E-state index contributed by atoms with van der Waals surface area (Å²) in [5.41, 5.74) is -0.419. The van der Waals surface area contributed by atoms with Crippen molar-refractivity contribution < 1.29 is 14.7 Å². The van der Waals surface area contributed by atoms with Crippen LogP contribution in [0.1, 0.15) is 22.3 Å². The van der Waals surface area contributed by atoms with Crippen LogP contribution in [-0.2, 0) is 10.4 Å². The van der Waals surface area contributed by atoms with Crippen molar-refractivity contribution >= 4 is 44.1 Å². The zero-order valence-corrected chi connectivity index (χ0v) is 14.7. The fourth-order valence-corrected chi connectivity index (χ4v) is 3.65. The maximum atomic E-state index is 12.9. The number of benzene rings is 3. The summed E-state index contributed by atoms with van der Waals surface area (Å²) in [6.07, 6.45) is -0.309. The van der Waals surface area contributed by atoms with Gasteiger partial charge in [-0.25, -0.2) is 0 Å². The number of carbonyl (C=O) groups excluding carboxylic acids is 2. The van der Waals surface area contributed by atoms with Gasteiger partial charge in [0.2, 0.25) is 0 Å². The highest BCUT2D eigenvalue weighted by Gasteiger charge is 2.47. The first-order valence-corrected chi connectivity index (χ1v) is 8.63. The van der Waals surface area contributed by atoms with Gasteiger partial charge in [0.25, 0.3) is 5.91 Å². The summed E-state index contributed by atoms with van der Waals surface area (Å²) < 4.78 is 0.735. The van der Waals surface area contributed by atoms with Gasteiger partial charge in [-0.15, -0.1) is 0 Å². The van der Waals surface area contributed by atoms with E-state index < -0.39 is 11.5 Å². The van der Waals surface area contributed by atoms with Gasteiger partial charge in [-0.1, -0.05) is 58.4 Å². The Morgan fingerprint density at radius 3 is 2.68 bits per heavy atom. The first-order chi connectivity index (χ1) is 12.0. The van der Waals surface area contributed by atoms with Crippen LogP contribution in [-0.4, -0.2) is 16.8 Å². The summed E-state index contributed by atoms with van der Waals surface area (Å²) in [5.74, 6) is -0.850. The van der Waals surface area contributed by atoms with E-state index in [4.69, 9.17) is 0 Å². The van der Waals surface area contributed by atoms with Gasteiger partial charge in [0.15, 0.2) is 11.4 Å². The van der Waals surface area contributed by atoms with Crippen LogP contribution < -0.4 is 5.32 Å². The molecule has 1 atom stereocenters. The van der Waals surface area contributed by atoms with E-state index in [1.807, 2.05) is 30.3 Å². The number of Topliss-reactive ketones (excluding diaryl/α,β-unsaturated/α-hetero) is 1. The predicted octanol–water partition coefficient (Wildman–Crippen LogP) is 4.02. The smallest absolute Gasteiger partial charge is 0.261 e. The molecule has 5 heteroatoms. The summed E-state index contributed by atoms with van der Waals surface area (Å²) in [5, 5.41) is 15.4. The van der Waals surface area contributed by atoms with Crippen LogP contribution in [0.5, 0.6) is 0 Å². The van der Waals surface area contributed by atoms with E-state index in [-0.39, 0.29) is 12.2 Å². The topological polar surface area (TPSA) is 66.4 Å². The third-order valence-corrected chi connectivity index (χ3v) is 5.05. The van der Waals surface area contributed by atoms with Gasteiger partial charge in [-0.05, 0) is 29.0 Å². The molecule has 1 heterocycles. The highest BCUT2D eigenvalue weighted by molar-refractivity contribution is 9.10. The molecule has 0 aromatic heterocycles. The Labute approximate surface area is 152 Å². The van der Waals surface area contributed by atoms with E-state index in [1.165, 1.54) is 0 Å². The fraction of sp³-hybridized carbons (Fsp3) is 0.100. The molecular formula is C20H14BrNO3. The lowest BCUT2D eigenvalue weighted by molar-refractivity contribution is -0.133. The second-order valence-electron chi connectivity index (χ2n) is 6.13. The minimum Gasteiger partial charge on any atom is -0.375 e. The second kappa shape index (κ2) is 5.79. The minimum absolute atomic E-state index is 0.276. The van der Waals surface area contributed by atoms with Crippen molar-refractivity contribution in [2.45, 2.75) is 12.0 Å². The fourth-order valence-electron chi connectivity index (χ4n) is 3.29. The number of aliphatic hydroxyl groups is 1. The largest absolute Gasteiger partial charge is 0.375 e. The zero-order chi connectivity index (χ0) is 17.6. The number of hydrogen-bond donors (Lipinski definition) is 2. The lowest BCUT2D eigenvalue weighted by Gasteiger charge is -2.20. The summed E-state index contributed by atoms with van der Waals surface area (Å²) in [7, 11) is 0. The number of carbonyl (C=O) groups is 2. The summed E-state index contributed by atoms with van der Waals surface area (Å²) >= 11 is 3.35. The molecule has 1 aliphatic rings. The molecule has 0 radical (unpaired) electrons. The van der Waals surface area contributed by atoms with Gasteiger partial charge in [-0.2, -0.15) is 0 Å². The second-order valence-corrected chi connectivity index (χ2v) is 7.05. The van der Waals surface area contributed by atoms with E-state index in [0.29, 0.717) is 16.8 Å². The van der Waals surface area contributed by atoms with Gasteiger partial charge in [-0.3, -0.25) is 9.59 Å². The van der Waals surface area contributed by atoms with E-state index in [0.717, 1.165) is 15.2 Å². The van der Waals surface area contributed by atoms with Crippen molar-refractivity contribution in [2.24, 2.45) is 0 Å². The molecule has 0 unspecified atom stereocenters. The number of fused-ring (bicyclic) bond motifs is 2. The number of amides is 1. The average Bonchev–Trinajstić information content (AvgIpc) is 2.85. The third kappa shape index (κ3) is 2.56. The van der Waals surface area contributed by atoms with Gasteiger partial charge >= 0.3 is 0 Å². The van der Waals surface area contributed by atoms with Crippen LogP contribution in [0.2, 0.25) is 0 Å². The molecule has 4 rings (SSSR count). The molecule has 2 N–H and O–H groups in total. The molecule has 0 spiro atoms. The number of hydrogen-bond acceptors (Lipinski definition) is 3. The Morgan fingerprint density at radius 2 is 1.84 bits per heavy atom. The standard InChI is InChI=1S/C20H14BrNO3/c21-13-8-9-17-16(10-13)20(25,19(24)22-17)11-18(23)15-7-3-5-12-4-1-2-6-14(12)15/h1-10,25H,11H2,(H,22,24)/t20-/m0/s1. The van der Waals surface area contributed by atoms with Gasteiger partial charge in [0.1, 0.15) is 0 Å². The summed E-state index contributed by atoms with van der Waals surface area (Å²) in [6, 6.07) is 18.2. The van der Waals surface area contributed by atoms with Crippen LogP contribution in [0.4, 0.5) is 5.69 Å². The maximum Gasteiger partial charge on any atom is 0.261 e. The first kappa shape index (κ1) is 16.0. The molecule has 1 aliphatic heterocycles. The number of rotatable bonds is 3. The zero-order valence-electron chi connectivity index (χ0n) is 13.1. The molecule has 4 nitrogen and oxygen atoms in total. The molecule has 0 saturated heterocycles. The van der Waals surface area contributed by atoms with Gasteiger partial charge in [0.05, 0.1) is 6.42 Å². The highest BCUT2D eigenvalue weighted by Crippen LogP contribution is 2.40. The van der Waals surface area contributed by atoms with E-state index in [2.05, 4.69) is 21.2 Å². The number of anilines is 1. The molecule has 0 aliphatic carbocycles. The van der Waals surface area contributed by atoms with Crippen molar-refractivity contribution in [3.8, 4) is 0 Å². The molecule has 0 saturated carbocycles. The van der Waals surface area contributed by atoms with Gasteiger partial charge < -0.3 is 10.4 Å². The molecule has 3 aromatic rings. The highest BCUT2D eigenvalue weighted by atomic mass is 79.9. The van der Waals surface area contributed by atoms with Crippen LogP contribution in [0.15, 0.2) is 65.1 Å². The van der Waals surface area contributed by atoms with Crippen molar-refractivity contribution in [3.63, 3.8) is 0 Å². The van der Waals surface area contributed by atoms with Crippen LogP contribution >= 0.6 is 15.9 Å². The molecule has 3 aromatic carbocycles. The van der Waals surface area contributed by atoms with E-state index in [9.17, 15) is 14.7 Å². The van der Waals surface area contributed by atoms with Crippen molar-refractivity contribution in [1.29, 1.82) is 0 Å². The Balaban J connectivity index is 1.76. The Kier molecular flexibility index (Phi) is 3.71. The van der Waals surface area contributed by atoms with Crippen LogP contribution in [0.3, 0.4) is 0 Å². The molecule has 0 fully saturated rings. The quantitative estimate of drug-likeness (QED) is 0.658. The average molecular weight is 396 g/mol. The predicted molar refractivity (Wildman–Crippen MR) is 99.6 cm³/mol. The van der Waals surface area contributed by atoms with Crippen LogP contribution in [0, 0.1) is 0 Å². The SMILES string of the molecule is O=C(C[C@@]1(O)C(=O)Nc2ccc(Br)cc21)c1cccc2ccccc12. The van der Waals surface area contributed by atoms with Crippen molar-refractivity contribution in [1.82, 2.24) is 0 Å². The molecule has 124 valence electrons. The number of ketones is 1. The Hall–Kier alpha value is -2.50.